The standard InChI is InChI=1S/C22H16FN3O3S/c1-12-21(30-20(25-12)8-13-4-3-7-24-11-13)18-6-2-5-17(26-18)14-10-19(27)15(22(28)29)9-16(14)23/h2-7,9-11,27H,8H2,1H3,(H,28,29). The van der Waals surface area contributed by atoms with E-state index in [-0.39, 0.29) is 5.56 Å². The zero-order valence-corrected chi connectivity index (χ0v) is 16.7. The molecule has 0 saturated heterocycles. The predicted octanol–water partition coefficient (Wildman–Crippen LogP) is 4.71. The lowest BCUT2D eigenvalue weighted by Gasteiger charge is -2.08. The molecule has 30 heavy (non-hydrogen) atoms. The molecule has 0 saturated carbocycles. The number of aromatic hydroxyl groups is 1. The first-order chi connectivity index (χ1) is 14.4. The van der Waals surface area contributed by atoms with Gasteiger partial charge in [-0.15, -0.1) is 11.3 Å². The van der Waals surface area contributed by atoms with Crippen LogP contribution in [0.3, 0.4) is 0 Å². The fraction of sp³-hybridized carbons (Fsp3) is 0.0909. The Balaban J connectivity index is 1.70. The van der Waals surface area contributed by atoms with Crippen LogP contribution in [0.15, 0.2) is 54.9 Å². The number of carboxylic acids is 1. The molecule has 150 valence electrons. The fourth-order valence-electron chi connectivity index (χ4n) is 3.08. The number of phenols is 1. The lowest BCUT2D eigenvalue weighted by molar-refractivity contribution is 0.0693. The van der Waals surface area contributed by atoms with E-state index >= 15 is 0 Å². The highest BCUT2D eigenvalue weighted by Crippen LogP contribution is 2.33. The van der Waals surface area contributed by atoms with Crippen LogP contribution in [0.1, 0.15) is 26.6 Å². The van der Waals surface area contributed by atoms with E-state index in [4.69, 9.17) is 5.11 Å². The van der Waals surface area contributed by atoms with Gasteiger partial charge in [0.25, 0.3) is 0 Å². The highest BCUT2D eigenvalue weighted by molar-refractivity contribution is 7.15. The van der Waals surface area contributed by atoms with E-state index in [0.717, 1.165) is 33.3 Å². The Morgan fingerprint density at radius 3 is 2.67 bits per heavy atom. The van der Waals surface area contributed by atoms with Gasteiger partial charge in [0, 0.05) is 24.4 Å². The van der Waals surface area contributed by atoms with Gasteiger partial charge in [-0.05, 0) is 42.8 Å². The molecule has 0 amide bonds. The molecule has 0 radical (unpaired) electrons. The Labute approximate surface area is 175 Å². The van der Waals surface area contributed by atoms with Crippen molar-refractivity contribution in [2.45, 2.75) is 13.3 Å². The minimum atomic E-state index is -1.40. The molecular formula is C22H16FN3O3S. The molecule has 0 spiro atoms. The number of hydrogen-bond donors (Lipinski definition) is 2. The van der Waals surface area contributed by atoms with Crippen molar-refractivity contribution >= 4 is 17.3 Å². The van der Waals surface area contributed by atoms with E-state index in [1.54, 1.807) is 30.6 Å². The summed E-state index contributed by atoms with van der Waals surface area (Å²) in [7, 11) is 0. The topological polar surface area (TPSA) is 96.2 Å². The van der Waals surface area contributed by atoms with Crippen LogP contribution in [0.4, 0.5) is 4.39 Å². The molecular weight excluding hydrogens is 405 g/mol. The molecule has 0 unspecified atom stereocenters. The molecule has 6 nitrogen and oxygen atoms in total. The smallest absolute Gasteiger partial charge is 0.339 e. The van der Waals surface area contributed by atoms with Crippen LogP contribution < -0.4 is 0 Å². The zero-order valence-electron chi connectivity index (χ0n) is 15.8. The summed E-state index contributed by atoms with van der Waals surface area (Å²) >= 11 is 1.50. The second-order valence-corrected chi connectivity index (χ2v) is 7.71. The maximum absolute atomic E-state index is 14.5. The van der Waals surface area contributed by atoms with E-state index in [2.05, 4.69) is 15.0 Å². The summed E-state index contributed by atoms with van der Waals surface area (Å²) in [6.45, 7) is 1.89. The molecule has 0 aliphatic rings. The molecule has 4 rings (SSSR count). The number of carbonyl (C=O) groups is 1. The Bertz CT molecular complexity index is 1240. The number of thiazole rings is 1. The van der Waals surface area contributed by atoms with Crippen LogP contribution in [-0.2, 0) is 6.42 Å². The SMILES string of the molecule is Cc1nc(Cc2cccnc2)sc1-c1cccc(-c2cc(O)c(C(=O)O)cc2F)n1. The van der Waals surface area contributed by atoms with Crippen molar-refractivity contribution in [2.24, 2.45) is 0 Å². The molecule has 0 aliphatic heterocycles. The van der Waals surface area contributed by atoms with Crippen molar-refractivity contribution in [3.63, 3.8) is 0 Å². The average molecular weight is 421 g/mol. The fourth-order valence-corrected chi connectivity index (χ4v) is 4.15. The van der Waals surface area contributed by atoms with E-state index in [1.807, 2.05) is 19.1 Å². The van der Waals surface area contributed by atoms with Crippen molar-refractivity contribution in [3.8, 4) is 27.6 Å². The van der Waals surface area contributed by atoms with Crippen molar-refractivity contribution in [3.05, 3.63) is 82.5 Å². The molecule has 3 heterocycles. The third-order valence-electron chi connectivity index (χ3n) is 4.49. The highest BCUT2D eigenvalue weighted by atomic mass is 32.1. The summed E-state index contributed by atoms with van der Waals surface area (Å²) in [6.07, 6.45) is 4.17. The third-order valence-corrected chi connectivity index (χ3v) is 5.67. The Hall–Kier alpha value is -3.65. The predicted molar refractivity (Wildman–Crippen MR) is 111 cm³/mol. The number of nitrogens with zero attached hydrogens (tertiary/aromatic N) is 3. The van der Waals surface area contributed by atoms with Crippen LogP contribution in [0.2, 0.25) is 0 Å². The Morgan fingerprint density at radius 2 is 1.93 bits per heavy atom. The van der Waals surface area contributed by atoms with Crippen LogP contribution in [0.5, 0.6) is 5.75 Å². The largest absolute Gasteiger partial charge is 0.507 e. The van der Waals surface area contributed by atoms with Crippen LogP contribution in [0.25, 0.3) is 21.8 Å². The number of benzene rings is 1. The first-order valence-electron chi connectivity index (χ1n) is 9.01. The van der Waals surface area contributed by atoms with E-state index in [0.29, 0.717) is 17.8 Å². The molecule has 0 aliphatic carbocycles. The second kappa shape index (κ2) is 8.00. The van der Waals surface area contributed by atoms with Gasteiger partial charge in [0.05, 0.1) is 27.0 Å². The van der Waals surface area contributed by atoms with Crippen molar-refractivity contribution < 1.29 is 19.4 Å². The number of hydrogen-bond acceptors (Lipinski definition) is 6. The number of aryl methyl sites for hydroxylation is 1. The summed E-state index contributed by atoms with van der Waals surface area (Å²) in [5.41, 5.74) is 2.31. The van der Waals surface area contributed by atoms with E-state index in [1.165, 1.54) is 11.3 Å². The lowest BCUT2D eigenvalue weighted by atomic mass is 10.1. The Kier molecular flexibility index (Phi) is 5.24. The molecule has 1 aromatic carbocycles. The highest BCUT2D eigenvalue weighted by Gasteiger charge is 2.18. The second-order valence-electron chi connectivity index (χ2n) is 6.62. The van der Waals surface area contributed by atoms with Gasteiger partial charge in [-0.2, -0.15) is 0 Å². The van der Waals surface area contributed by atoms with Gasteiger partial charge < -0.3 is 10.2 Å². The van der Waals surface area contributed by atoms with Gasteiger partial charge in [-0.3, -0.25) is 4.98 Å². The maximum atomic E-state index is 14.5. The first-order valence-corrected chi connectivity index (χ1v) is 9.83. The minimum Gasteiger partial charge on any atom is -0.507 e. The monoisotopic (exact) mass is 421 g/mol. The van der Waals surface area contributed by atoms with Crippen molar-refractivity contribution in [1.29, 1.82) is 0 Å². The molecule has 0 atom stereocenters. The van der Waals surface area contributed by atoms with E-state index in [9.17, 15) is 14.3 Å². The zero-order chi connectivity index (χ0) is 21.3. The first kappa shape index (κ1) is 19.7. The molecule has 4 aromatic rings. The normalized spacial score (nSPS) is 10.9. The van der Waals surface area contributed by atoms with Gasteiger partial charge in [0.15, 0.2) is 0 Å². The van der Waals surface area contributed by atoms with Crippen molar-refractivity contribution in [2.75, 3.05) is 0 Å². The van der Waals surface area contributed by atoms with Crippen LogP contribution >= 0.6 is 11.3 Å². The maximum Gasteiger partial charge on any atom is 0.339 e. The quantitative estimate of drug-likeness (QED) is 0.485. The van der Waals surface area contributed by atoms with E-state index < -0.39 is 23.1 Å². The minimum absolute atomic E-state index is 0.0251. The van der Waals surface area contributed by atoms with Crippen LogP contribution in [-0.4, -0.2) is 31.1 Å². The summed E-state index contributed by atoms with van der Waals surface area (Å²) in [4.78, 5) is 25.2. The number of halogens is 1. The molecule has 0 fully saturated rings. The number of rotatable bonds is 5. The van der Waals surface area contributed by atoms with Gasteiger partial charge >= 0.3 is 5.97 Å². The molecule has 0 bridgehead atoms. The van der Waals surface area contributed by atoms with Crippen LogP contribution in [0, 0.1) is 12.7 Å². The molecule has 2 N–H and O–H groups in total. The summed E-state index contributed by atoms with van der Waals surface area (Å²) < 4.78 is 14.5. The molecule has 8 heteroatoms. The lowest BCUT2D eigenvalue weighted by Crippen LogP contribution is -1.99. The summed E-state index contributed by atoms with van der Waals surface area (Å²) in [5.74, 6) is -2.69. The number of aromatic nitrogens is 3. The number of carboxylic acid groups (broad SMARTS) is 1. The number of aromatic carboxylic acids is 1. The number of pyridine rings is 2. The molecule has 3 aromatic heterocycles. The summed E-state index contributed by atoms with van der Waals surface area (Å²) in [6, 6.07) is 10.9. The third kappa shape index (κ3) is 3.90. The van der Waals surface area contributed by atoms with Crippen molar-refractivity contribution in [1.82, 2.24) is 15.0 Å². The summed E-state index contributed by atoms with van der Waals surface area (Å²) in [5, 5.41) is 19.9. The van der Waals surface area contributed by atoms with Gasteiger partial charge in [-0.1, -0.05) is 12.1 Å². The average Bonchev–Trinajstić information content (AvgIpc) is 3.10. The van der Waals surface area contributed by atoms with Gasteiger partial charge in [0.2, 0.25) is 0 Å². The van der Waals surface area contributed by atoms with Gasteiger partial charge in [-0.25, -0.2) is 19.2 Å². The van der Waals surface area contributed by atoms with Gasteiger partial charge in [0.1, 0.15) is 17.1 Å². The Morgan fingerprint density at radius 1 is 1.13 bits per heavy atom.